The van der Waals surface area contributed by atoms with Crippen molar-refractivity contribution in [3.8, 4) is 5.75 Å². The number of hydrogen-bond donors (Lipinski definition) is 2. The summed E-state index contributed by atoms with van der Waals surface area (Å²) in [5.41, 5.74) is 3.04. The fourth-order valence-electron chi connectivity index (χ4n) is 1.81. The molecular formula is C14H22N4O. The van der Waals surface area contributed by atoms with Crippen LogP contribution in [0.15, 0.2) is 23.8 Å². The summed E-state index contributed by atoms with van der Waals surface area (Å²) in [6.45, 7) is 8.92. The number of rotatable bonds is 5. The second-order valence-corrected chi connectivity index (χ2v) is 4.14. The van der Waals surface area contributed by atoms with Gasteiger partial charge in [-0.25, -0.2) is 0 Å². The fraction of sp³-hybridized carbons (Fsp3) is 0.429. The number of guanidine groups is 1. The van der Waals surface area contributed by atoms with Gasteiger partial charge in [-0.15, -0.1) is 6.58 Å². The lowest BCUT2D eigenvalue weighted by Crippen LogP contribution is -2.37. The van der Waals surface area contributed by atoms with E-state index in [9.17, 15) is 0 Å². The Kier molecular flexibility index (Phi) is 5.85. The van der Waals surface area contributed by atoms with E-state index in [4.69, 9.17) is 4.74 Å². The minimum absolute atomic E-state index is 0.597. The Bertz CT molecular complexity index is 469. The van der Waals surface area contributed by atoms with Crippen LogP contribution < -0.4 is 15.4 Å². The molecule has 1 rings (SSSR count). The number of aryl methyl sites for hydroxylation is 1. The largest absolute Gasteiger partial charge is 0.496 e. The van der Waals surface area contributed by atoms with Gasteiger partial charge in [-0.05, 0) is 13.8 Å². The molecule has 0 fully saturated rings. The monoisotopic (exact) mass is 262 g/mol. The molecule has 0 saturated carbocycles. The van der Waals surface area contributed by atoms with E-state index in [1.54, 1.807) is 20.2 Å². The zero-order chi connectivity index (χ0) is 14.3. The van der Waals surface area contributed by atoms with Crippen LogP contribution in [0.4, 0.5) is 0 Å². The quantitative estimate of drug-likeness (QED) is 0.480. The van der Waals surface area contributed by atoms with Crippen molar-refractivity contribution in [2.45, 2.75) is 20.4 Å². The molecule has 5 nitrogen and oxygen atoms in total. The van der Waals surface area contributed by atoms with Crippen molar-refractivity contribution in [3.05, 3.63) is 35.7 Å². The lowest BCUT2D eigenvalue weighted by atomic mass is 10.1. The van der Waals surface area contributed by atoms with Gasteiger partial charge < -0.3 is 15.4 Å². The summed E-state index contributed by atoms with van der Waals surface area (Å²) in [6.07, 6.45) is 3.61. The smallest absolute Gasteiger partial charge is 0.191 e. The summed E-state index contributed by atoms with van der Waals surface area (Å²) in [5, 5.41) is 6.32. The lowest BCUT2D eigenvalue weighted by molar-refractivity contribution is 0.406. The van der Waals surface area contributed by atoms with E-state index in [0.29, 0.717) is 13.1 Å². The van der Waals surface area contributed by atoms with Gasteiger partial charge in [0.25, 0.3) is 0 Å². The zero-order valence-electron chi connectivity index (χ0n) is 12.1. The van der Waals surface area contributed by atoms with Crippen molar-refractivity contribution in [1.82, 2.24) is 15.6 Å². The highest BCUT2D eigenvalue weighted by atomic mass is 16.5. The molecular weight excluding hydrogens is 240 g/mol. The topological polar surface area (TPSA) is 58.5 Å². The summed E-state index contributed by atoms with van der Waals surface area (Å²) < 4.78 is 5.39. The molecule has 0 saturated heterocycles. The first-order valence-electron chi connectivity index (χ1n) is 6.18. The Hall–Kier alpha value is -2.04. The first-order chi connectivity index (χ1) is 9.13. The van der Waals surface area contributed by atoms with Gasteiger partial charge in [-0.3, -0.25) is 9.98 Å². The van der Waals surface area contributed by atoms with E-state index in [2.05, 4.69) is 27.2 Å². The Morgan fingerprint density at radius 3 is 2.79 bits per heavy atom. The molecule has 0 spiro atoms. The van der Waals surface area contributed by atoms with Crippen molar-refractivity contribution in [2.24, 2.45) is 4.99 Å². The van der Waals surface area contributed by atoms with E-state index in [1.807, 2.05) is 20.0 Å². The third-order valence-electron chi connectivity index (χ3n) is 2.81. The first kappa shape index (κ1) is 15.0. The highest BCUT2D eigenvalue weighted by Gasteiger charge is 2.09. The molecule has 0 unspecified atom stereocenters. The molecule has 1 heterocycles. The average molecular weight is 262 g/mol. The van der Waals surface area contributed by atoms with Gasteiger partial charge in [-0.1, -0.05) is 6.08 Å². The maximum Gasteiger partial charge on any atom is 0.191 e. The number of nitrogens with one attached hydrogen (secondary N) is 2. The molecule has 0 bridgehead atoms. The second-order valence-electron chi connectivity index (χ2n) is 4.14. The van der Waals surface area contributed by atoms with Crippen molar-refractivity contribution in [1.29, 1.82) is 0 Å². The summed E-state index contributed by atoms with van der Waals surface area (Å²) in [4.78, 5) is 8.55. The summed E-state index contributed by atoms with van der Waals surface area (Å²) >= 11 is 0. The molecule has 0 aromatic carbocycles. The van der Waals surface area contributed by atoms with Gasteiger partial charge in [0.2, 0.25) is 0 Å². The van der Waals surface area contributed by atoms with Gasteiger partial charge in [0.15, 0.2) is 5.96 Å². The number of pyridine rings is 1. The molecule has 0 radical (unpaired) electrons. The van der Waals surface area contributed by atoms with Crippen LogP contribution in [0.3, 0.4) is 0 Å². The maximum atomic E-state index is 5.39. The number of aliphatic imine (C=N–C) groups is 1. The van der Waals surface area contributed by atoms with Gasteiger partial charge in [-0.2, -0.15) is 0 Å². The zero-order valence-corrected chi connectivity index (χ0v) is 12.1. The van der Waals surface area contributed by atoms with Gasteiger partial charge >= 0.3 is 0 Å². The molecule has 19 heavy (non-hydrogen) atoms. The predicted molar refractivity (Wildman–Crippen MR) is 78.7 cm³/mol. The molecule has 2 N–H and O–H groups in total. The van der Waals surface area contributed by atoms with Crippen LogP contribution in [0.1, 0.15) is 16.8 Å². The highest BCUT2D eigenvalue weighted by molar-refractivity contribution is 5.79. The highest BCUT2D eigenvalue weighted by Crippen LogP contribution is 2.23. The van der Waals surface area contributed by atoms with Gasteiger partial charge in [0.1, 0.15) is 5.75 Å². The average Bonchev–Trinajstić information content (AvgIpc) is 2.41. The molecule has 1 aromatic rings. The molecule has 1 aromatic heterocycles. The number of methoxy groups -OCH3 is 1. The normalized spacial score (nSPS) is 11.1. The van der Waals surface area contributed by atoms with Crippen LogP contribution in [0.2, 0.25) is 0 Å². The first-order valence-corrected chi connectivity index (χ1v) is 6.18. The fourth-order valence-corrected chi connectivity index (χ4v) is 1.81. The van der Waals surface area contributed by atoms with Crippen molar-refractivity contribution in [2.75, 3.05) is 20.7 Å². The number of ether oxygens (including phenoxy) is 1. The molecule has 5 heteroatoms. The Labute approximate surface area is 114 Å². The van der Waals surface area contributed by atoms with Crippen LogP contribution in [0, 0.1) is 13.8 Å². The van der Waals surface area contributed by atoms with Crippen molar-refractivity contribution in [3.63, 3.8) is 0 Å². The summed E-state index contributed by atoms with van der Waals surface area (Å²) in [5.74, 6) is 1.61. The van der Waals surface area contributed by atoms with Gasteiger partial charge in [0.05, 0.1) is 19.3 Å². The Morgan fingerprint density at radius 2 is 2.21 bits per heavy atom. The number of aromatic nitrogens is 1. The number of hydrogen-bond acceptors (Lipinski definition) is 3. The number of nitrogens with zero attached hydrogens (tertiary/aromatic N) is 2. The van der Waals surface area contributed by atoms with E-state index in [-0.39, 0.29) is 0 Å². The molecule has 0 aliphatic heterocycles. The van der Waals surface area contributed by atoms with E-state index < -0.39 is 0 Å². The van der Waals surface area contributed by atoms with E-state index in [1.165, 1.54) is 0 Å². The minimum Gasteiger partial charge on any atom is -0.496 e. The summed E-state index contributed by atoms with van der Waals surface area (Å²) in [6, 6.07) is 0. The van der Waals surface area contributed by atoms with Crippen LogP contribution in [0.25, 0.3) is 0 Å². The van der Waals surface area contributed by atoms with Crippen LogP contribution in [-0.2, 0) is 6.54 Å². The SMILES string of the molecule is C=CCNC(=NC)NCc1ncc(C)c(OC)c1C. The third kappa shape index (κ3) is 3.98. The minimum atomic E-state index is 0.597. The molecule has 0 amide bonds. The molecule has 0 atom stereocenters. The van der Waals surface area contributed by atoms with E-state index in [0.717, 1.165) is 28.5 Å². The standard InChI is InChI=1S/C14H22N4O/c1-6-7-16-14(15-4)18-9-12-11(3)13(19-5)10(2)8-17-12/h6,8H,1,7,9H2,2-5H3,(H2,15,16,18). The third-order valence-corrected chi connectivity index (χ3v) is 2.81. The van der Waals surface area contributed by atoms with Crippen LogP contribution >= 0.6 is 0 Å². The lowest BCUT2D eigenvalue weighted by Gasteiger charge is -2.14. The van der Waals surface area contributed by atoms with Crippen molar-refractivity contribution < 1.29 is 4.74 Å². The Morgan fingerprint density at radius 1 is 1.47 bits per heavy atom. The predicted octanol–water partition coefficient (Wildman–Crippen LogP) is 1.56. The van der Waals surface area contributed by atoms with Crippen LogP contribution in [0.5, 0.6) is 5.75 Å². The van der Waals surface area contributed by atoms with Crippen molar-refractivity contribution >= 4 is 5.96 Å². The van der Waals surface area contributed by atoms with Crippen LogP contribution in [-0.4, -0.2) is 31.6 Å². The second kappa shape index (κ2) is 7.41. The maximum absolute atomic E-state index is 5.39. The molecule has 0 aliphatic rings. The Balaban J connectivity index is 2.75. The van der Waals surface area contributed by atoms with Gasteiger partial charge in [0, 0.05) is 30.9 Å². The summed E-state index contributed by atoms with van der Waals surface area (Å²) in [7, 11) is 3.41. The molecule has 0 aliphatic carbocycles. The molecule has 104 valence electrons. The van der Waals surface area contributed by atoms with E-state index >= 15 is 0 Å².